The van der Waals surface area contributed by atoms with Gasteiger partial charge in [-0.25, -0.2) is 0 Å². The molecule has 28 heavy (non-hydrogen) atoms. The molecular formula is C21H22N2O4S. The molecule has 1 aliphatic rings. The number of hydrogen-bond donors (Lipinski definition) is 1. The number of aromatic nitrogens is 1. The highest BCUT2D eigenvalue weighted by molar-refractivity contribution is 8.00. The number of rotatable bonds is 6. The molecule has 1 atom stereocenters. The predicted octanol–water partition coefficient (Wildman–Crippen LogP) is 5.15. The number of nitrogens with zero attached hydrogens (tertiary/aromatic N) is 1. The van der Waals surface area contributed by atoms with E-state index in [1.807, 2.05) is 30.3 Å². The lowest BCUT2D eigenvalue weighted by atomic mass is 9.83. The van der Waals surface area contributed by atoms with Crippen LogP contribution in [0.5, 0.6) is 17.2 Å². The van der Waals surface area contributed by atoms with Crippen molar-refractivity contribution in [3.8, 4) is 28.6 Å². The zero-order valence-electron chi connectivity index (χ0n) is 16.2. The second-order valence-corrected chi connectivity index (χ2v) is 7.41. The number of benzene rings is 2. The Hall–Kier alpha value is -2.80. The standard InChI is InChI=1S/C21H22N2O4S/c1-12-10-13-8-9-14(24-2)11-15(13)19-18(12)21(22-27-19)23-28-20-16(25-3)6-5-7-17(20)26-4/h5-9,11-12H,10H2,1-4H3,(H,22,23). The van der Waals surface area contributed by atoms with E-state index in [2.05, 4.69) is 22.9 Å². The second kappa shape index (κ2) is 7.67. The number of methoxy groups -OCH3 is 3. The van der Waals surface area contributed by atoms with Crippen molar-refractivity contribution < 1.29 is 18.7 Å². The summed E-state index contributed by atoms with van der Waals surface area (Å²) in [5.74, 6) is 4.06. The van der Waals surface area contributed by atoms with Crippen molar-refractivity contribution in [2.75, 3.05) is 26.1 Å². The molecular weight excluding hydrogens is 376 g/mol. The Labute approximate surface area is 168 Å². The van der Waals surface area contributed by atoms with E-state index in [-0.39, 0.29) is 5.92 Å². The van der Waals surface area contributed by atoms with Gasteiger partial charge in [0.2, 0.25) is 0 Å². The summed E-state index contributed by atoms with van der Waals surface area (Å²) in [5, 5.41) is 4.30. The topological polar surface area (TPSA) is 65.8 Å². The number of nitrogens with one attached hydrogen (secondary N) is 1. The molecule has 146 valence electrons. The van der Waals surface area contributed by atoms with Crippen LogP contribution in [0.2, 0.25) is 0 Å². The summed E-state index contributed by atoms with van der Waals surface area (Å²) >= 11 is 1.40. The third kappa shape index (κ3) is 3.16. The first-order valence-electron chi connectivity index (χ1n) is 8.97. The van der Waals surface area contributed by atoms with Crippen LogP contribution < -0.4 is 18.9 Å². The van der Waals surface area contributed by atoms with Crippen molar-refractivity contribution in [1.82, 2.24) is 5.16 Å². The minimum atomic E-state index is 0.282. The molecule has 4 rings (SSSR count). The van der Waals surface area contributed by atoms with Crippen molar-refractivity contribution >= 4 is 17.8 Å². The fraction of sp³-hybridized carbons (Fsp3) is 0.286. The number of anilines is 1. The average molecular weight is 398 g/mol. The third-order valence-electron chi connectivity index (χ3n) is 4.94. The summed E-state index contributed by atoms with van der Waals surface area (Å²) < 4.78 is 25.4. The first-order chi connectivity index (χ1) is 13.7. The van der Waals surface area contributed by atoms with E-state index in [1.54, 1.807) is 21.3 Å². The van der Waals surface area contributed by atoms with E-state index in [9.17, 15) is 0 Å². The zero-order valence-corrected chi connectivity index (χ0v) is 17.1. The van der Waals surface area contributed by atoms with E-state index in [4.69, 9.17) is 18.7 Å². The summed E-state index contributed by atoms with van der Waals surface area (Å²) in [6.45, 7) is 2.18. The van der Waals surface area contributed by atoms with Crippen molar-refractivity contribution in [2.45, 2.75) is 24.2 Å². The highest BCUT2D eigenvalue weighted by atomic mass is 32.2. The smallest absolute Gasteiger partial charge is 0.183 e. The van der Waals surface area contributed by atoms with Gasteiger partial charge < -0.3 is 23.5 Å². The predicted molar refractivity (Wildman–Crippen MR) is 110 cm³/mol. The van der Waals surface area contributed by atoms with Crippen LogP contribution in [-0.4, -0.2) is 26.5 Å². The molecule has 0 radical (unpaired) electrons. The van der Waals surface area contributed by atoms with Crippen LogP contribution in [0.4, 0.5) is 5.82 Å². The molecule has 1 unspecified atom stereocenters. The van der Waals surface area contributed by atoms with E-state index < -0.39 is 0 Å². The van der Waals surface area contributed by atoms with Crippen molar-refractivity contribution in [3.05, 3.63) is 47.5 Å². The Bertz CT molecular complexity index is 980. The molecule has 0 saturated carbocycles. The number of fused-ring (bicyclic) bond motifs is 3. The molecule has 7 heteroatoms. The van der Waals surface area contributed by atoms with Crippen LogP contribution >= 0.6 is 11.9 Å². The van der Waals surface area contributed by atoms with Crippen LogP contribution in [0.15, 0.2) is 45.8 Å². The summed E-state index contributed by atoms with van der Waals surface area (Å²) in [7, 11) is 4.95. The van der Waals surface area contributed by atoms with Gasteiger partial charge in [-0.15, -0.1) is 0 Å². The molecule has 0 aliphatic heterocycles. The molecule has 0 fully saturated rings. The Kier molecular flexibility index (Phi) is 5.09. The van der Waals surface area contributed by atoms with Gasteiger partial charge in [-0.05, 0) is 54.1 Å². The molecule has 1 heterocycles. The van der Waals surface area contributed by atoms with Gasteiger partial charge in [-0.3, -0.25) is 0 Å². The summed E-state index contributed by atoms with van der Waals surface area (Å²) in [6.07, 6.45) is 0.921. The lowest BCUT2D eigenvalue weighted by molar-refractivity contribution is 0.376. The number of hydrogen-bond acceptors (Lipinski definition) is 7. The van der Waals surface area contributed by atoms with E-state index in [1.165, 1.54) is 17.5 Å². The van der Waals surface area contributed by atoms with Crippen molar-refractivity contribution in [3.63, 3.8) is 0 Å². The molecule has 2 aromatic carbocycles. The van der Waals surface area contributed by atoms with Crippen LogP contribution in [0.3, 0.4) is 0 Å². The largest absolute Gasteiger partial charge is 0.497 e. The molecule has 1 N–H and O–H groups in total. The van der Waals surface area contributed by atoms with Gasteiger partial charge in [-0.2, -0.15) is 0 Å². The molecule has 0 saturated heterocycles. The Balaban J connectivity index is 1.67. The van der Waals surface area contributed by atoms with Crippen LogP contribution in [0.1, 0.15) is 24.0 Å². The molecule has 0 spiro atoms. The van der Waals surface area contributed by atoms with E-state index in [0.717, 1.165) is 45.5 Å². The maximum atomic E-state index is 5.74. The van der Waals surface area contributed by atoms with E-state index >= 15 is 0 Å². The Morgan fingerprint density at radius 3 is 2.50 bits per heavy atom. The highest BCUT2D eigenvalue weighted by Gasteiger charge is 2.30. The maximum Gasteiger partial charge on any atom is 0.183 e. The Morgan fingerprint density at radius 2 is 1.82 bits per heavy atom. The van der Waals surface area contributed by atoms with Crippen LogP contribution in [0.25, 0.3) is 11.3 Å². The van der Waals surface area contributed by atoms with E-state index in [0.29, 0.717) is 5.82 Å². The monoisotopic (exact) mass is 398 g/mol. The van der Waals surface area contributed by atoms with Crippen molar-refractivity contribution in [1.29, 1.82) is 0 Å². The minimum absolute atomic E-state index is 0.282. The van der Waals surface area contributed by atoms with Gasteiger partial charge in [0.05, 0.1) is 21.3 Å². The molecule has 1 aromatic heterocycles. The first-order valence-corrected chi connectivity index (χ1v) is 9.78. The maximum absolute atomic E-state index is 5.74. The SMILES string of the molecule is COc1ccc2c(c1)-c1onc(NSc3c(OC)cccc3OC)c1C(C)C2. The van der Waals surface area contributed by atoms with Crippen LogP contribution in [0, 0.1) is 0 Å². The minimum Gasteiger partial charge on any atom is -0.497 e. The van der Waals surface area contributed by atoms with Gasteiger partial charge in [0.1, 0.15) is 22.1 Å². The Morgan fingerprint density at radius 1 is 1.07 bits per heavy atom. The molecule has 3 aromatic rings. The molecule has 6 nitrogen and oxygen atoms in total. The molecule has 0 amide bonds. The van der Waals surface area contributed by atoms with Gasteiger partial charge in [-0.1, -0.05) is 24.2 Å². The summed E-state index contributed by atoms with van der Waals surface area (Å²) in [5.41, 5.74) is 3.34. The van der Waals surface area contributed by atoms with Gasteiger partial charge in [0, 0.05) is 11.1 Å². The summed E-state index contributed by atoms with van der Waals surface area (Å²) in [4.78, 5) is 0.856. The van der Waals surface area contributed by atoms with Crippen molar-refractivity contribution in [2.24, 2.45) is 0 Å². The normalized spacial score (nSPS) is 14.8. The quantitative estimate of drug-likeness (QED) is 0.576. The summed E-state index contributed by atoms with van der Waals surface area (Å²) in [6, 6.07) is 11.8. The van der Waals surface area contributed by atoms with Gasteiger partial charge in [0.15, 0.2) is 11.6 Å². The van der Waals surface area contributed by atoms with Gasteiger partial charge >= 0.3 is 0 Å². The molecule has 1 aliphatic carbocycles. The fourth-order valence-corrected chi connectivity index (χ4v) is 4.39. The highest BCUT2D eigenvalue weighted by Crippen LogP contribution is 2.46. The first kappa shape index (κ1) is 18.6. The average Bonchev–Trinajstić information content (AvgIpc) is 3.16. The lowest BCUT2D eigenvalue weighted by Gasteiger charge is -2.21. The van der Waals surface area contributed by atoms with Gasteiger partial charge in [0.25, 0.3) is 0 Å². The molecule has 0 bridgehead atoms. The zero-order chi connectivity index (χ0) is 19.7. The lowest BCUT2D eigenvalue weighted by Crippen LogP contribution is -2.08. The van der Waals surface area contributed by atoms with Crippen LogP contribution in [-0.2, 0) is 6.42 Å². The fourth-order valence-electron chi connectivity index (χ4n) is 3.54. The third-order valence-corrected chi connectivity index (χ3v) is 5.84. The second-order valence-electron chi connectivity index (χ2n) is 6.60. The number of ether oxygens (including phenoxy) is 3.